The monoisotopic (exact) mass is 345 g/mol. The number of benzene rings is 1. The topological polar surface area (TPSA) is 84.1 Å². The Morgan fingerprint density at radius 1 is 1.47 bits per heavy atom. The molecule has 0 unspecified atom stereocenters. The van der Waals surface area contributed by atoms with E-state index < -0.39 is 10.0 Å². The van der Waals surface area contributed by atoms with Crippen molar-refractivity contribution in [2.24, 2.45) is 0 Å². The van der Waals surface area contributed by atoms with Crippen LogP contribution >= 0.6 is 15.9 Å². The number of imidazole rings is 1. The molecular weight excluding hydrogens is 334 g/mol. The van der Waals surface area contributed by atoms with Gasteiger partial charge in [0.25, 0.3) is 0 Å². The van der Waals surface area contributed by atoms with Crippen molar-refractivity contribution in [2.45, 2.75) is 11.4 Å². The van der Waals surface area contributed by atoms with Gasteiger partial charge in [-0.05, 0) is 18.2 Å². The predicted octanol–water partition coefficient (Wildman–Crippen LogP) is 1.66. The molecule has 0 radical (unpaired) electrons. The molecule has 0 saturated carbocycles. The average molecular weight is 346 g/mol. The van der Waals surface area contributed by atoms with Gasteiger partial charge in [0.15, 0.2) is 0 Å². The largest absolute Gasteiger partial charge is 0.495 e. The zero-order valence-corrected chi connectivity index (χ0v) is 12.5. The highest BCUT2D eigenvalue weighted by Gasteiger charge is 2.19. The van der Waals surface area contributed by atoms with Gasteiger partial charge in [0.05, 0.1) is 20.0 Å². The summed E-state index contributed by atoms with van der Waals surface area (Å²) in [5, 5.41) is 0. The van der Waals surface area contributed by atoms with E-state index in [-0.39, 0.29) is 11.4 Å². The van der Waals surface area contributed by atoms with Gasteiger partial charge in [-0.2, -0.15) is 0 Å². The molecule has 2 rings (SSSR count). The van der Waals surface area contributed by atoms with E-state index in [1.807, 2.05) is 0 Å². The van der Waals surface area contributed by atoms with Crippen LogP contribution in [0.25, 0.3) is 0 Å². The lowest BCUT2D eigenvalue weighted by Crippen LogP contribution is -2.24. The van der Waals surface area contributed by atoms with Crippen LogP contribution in [0, 0.1) is 0 Å². The summed E-state index contributed by atoms with van der Waals surface area (Å²) in [6, 6.07) is 4.80. The molecule has 0 aliphatic rings. The van der Waals surface area contributed by atoms with E-state index in [4.69, 9.17) is 4.74 Å². The Hall–Kier alpha value is -1.38. The summed E-state index contributed by atoms with van der Waals surface area (Å²) in [6.45, 7) is 0.137. The summed E-state index contributed by atoms with van der Waals surface area (Å²) in [4.78, 5) is 6.73. The Kier molecular flexibility index (Phi) is 4.23. The molecule has 8 heteroatoms. The van der Waals surface area contributed by atoms with Crippen LogP contribution in [0.1, 0.15) is 5.69 Å². The van der Waals surface area contributed by atoms with Crippen molar-refractivity contribution in [3.05, 3.63) is 40.9 Å². The SMILES string of the molecule is COc1ccc(Br)cc1S(=O)(=O)NCc1cnc[nH]1. The van der Waals surface area contributed by atoms with Crippen molar-refractivity contribution in [3.63, 3.8) is 0 Å². The van der Waals surface area contributed by atoms with Gasteiger partial charge in [-0.1, -0.05) is 15.9 Å². The number of halogens is 1. The van der Waals surface area contributed by atoms with Gasteiger partial charge in [-0.3, -0.25) is 0 Å². The molecule has 1 aromatic heterocycles. The molecule has 0 aliphatic carbocycles. The van der Waals surface area contributed by atoms with Gasteiger partial charge in [0, 0.05) is 16.4 Å². The highest BCUT2D eigenvalue weighted by Crippen LogP contribution is 2.27. The fourth-order valence-corrected chi connectivity index (χ4v) is 3.20. The molecule has 1 heterocycles. The average Bonchev–Trinajstić information content (AvgIpc) is 2.89. The van der Waals surface area contributed by atoms with Crippen molar-refractivity contribution in [1.29, 1.82) is 0 Å². The van der Waals surface area contributed by atoms with Crippen molar-refractivity contribution >= 4 is 26.0 Å². The first-order valence-electron chi connectivity index (χ1n) is 5.33. The van der Waals surface area contributed by atoms with Crippen molar-refractivity contribution in [3.8, 4) is 5.75 Å². The van der Waals surface area contributed by atoms with Crippen LogP contribution in [0.4, 0.5) is 0 Å². The minimum atomic E-state index is -3.65. The smallest absolute Gasteiger partial charge is 0.244 e. The van der Waals surface area contributed by atoms with Crippen molar-refractivity contribution < 1.29 is 13.2 Å². The fourth-order valence-electron chi connectivity index (χ4n) is 1.49. The van der Waals surface area contributed by atoms with Crippen LogP contribution in [0.3, 0.4) is 0 Å². The number of ether oxygens (including phenoxy) is 1. The summed E-state index contributed by atoms with van der Waals surface area (Å²) < 4.78 is 32.6. The lowest BCUT2D eigenvalue weighted by atomic mass is 10.3. The number of nitrogens with one attached hydrogen (secondary N) is 2. The molecule has 0 aliphatic heterocycles. The molecule has 19 heavy (non-hydrogen) atoms. The van der Waals surface area contributed by atoms with Crippen LogP contribution in [-0.4, -0.2) is 25.5 Å². The normalized spacial score (nSPS) is 11.5. The van der Waals surface area contributed by atoms with E-state index in [1.54, 1.807) is 18.3 Å². The van der Waals surface area contributed by atoms with E-state index >= 15 is 0 Å². The standard InChI is InChI=1S/C11H12BrN3O3S/c1-18-10-3-2-8(12)4-11(10)19(16,17)15-6-9-5-13-7-14-9/h2-5,7,15H,6H2,1H3,(H,13,14). The van der Waals surface area contributed by atoms with Gasteiger partial charge < -0.3 is 9.72 Å². The zero-order valence-electron chi connectivity index (χ0n) is 10.1. The quantitative estimate of drug-likeness (QED) is 0.862. The summed E-state index contributed by atoms with van der Waals surface area (Å²) in [6.07, 6.45) is 3.05. The number of hydrogen-bond donors (Lipinski definition) is 2. The highest BCUT2D eigenvalue weighted by atomic mass is 79.9. The summed E-state index contributed by atoms with van der Waals surface area (Å²) in [5.74, 6) is 0.292. The molecule has 102 valence electrons. The van der Waals surface area contributed by atoms with Crippen LogP contribution in [-0.2, 0) is 16.6 Å². The Morgan fingerprint density at radius 2 is 2.26 bits per heavy atom. The third-order valence-corrected chi connectivity index (χ3v) is 4.34. The van der Waals surface area contributed by atoms with Crippen LogP contribution < -0.4 is 9.46 Å². The van der Waals surface area contributed by atoms with Crippen LogP contribution in [0.5, 0.6) is 5.75 Å². The zero-order chi connectivity index (χ0) is 13.9. The molecule has 6 nitrogen and oxygen atoms in total. The van der Waals surface area contributed by atoms with Crippen LogP contribution in [0.2, 0.25) is 0 Å². The van der Waals surface area contributed by atoms with Gasteiger partial charge in [0.2, 0.25) is 10.0 Å². The van der Waals surface area contributed by atoms with Crippen molar-refractivity contribution in [1.82, 2.24) is 14.7 Å². The summed E-state index contributed by atoms with van der Waals surface area (Å²) in [7, 11) is -2.23. The van der Waals surface area contributed by atoms with Crippen LogP contribution in [0.15, 0.2) is 40.1 Å². The van der Waals surface area contributed by atoms with Gasteiger partial charge in [0.1, 0.15) is 10.6 Å². The number of aromatic nitrogens is 2. The third kappa shape index (κ3) is 3.34. The molecular formula is C11H12BrN3O3S. The minimum absolute atomic E-state index is 0.0869. The number of rotatable bonds is 5. The second kappa shape index (κ2) is 5.72. The Balaban J connectivity index is 2.26. The molecule has 0 amide bonds. The first-order chi connectivity index (χ1) is 9.03. The number of nitrogens with zero attached hydrogens (tertiary/aromatic N) is 1. The highest BCUT2D eigenvalue weighted by molar-refractivity contribution is 9.10. The lowest BCUT2D eigenvalue weighted by Gasteiger charge is -2.10. The Bertz CT molecular complexity index is 656. The Morgan fingerprint density at radius 3 is 2.89 bits per heavy atom. The predicted molar refractivity (Wildman–Crippen MR) is 73.3 cm³/mol. The first-order valence-corrected chi connectivity index (χ1v) is 7.61. The molecule has 0 atom stereocenters. The maximum atomic E-state index is 12.2. The molecule has 2 N–H and O–H groups in total. The molecule has 0 bridgehead atoms. The van der Waals surface area contributed by atoms with Gasteiger partial charge >= 0.3 is 0 Å². The van der Waals surface area contributed by atoms with E-state index in [9.17, 15) is 8.42 Å². The number of H-pyrrole nitrogens is 1. The maximum Gasteiger partial charge on any atom is 0.244 e. The van der Waals surface area contributed by atoms with Gasteiger partial charge in [-0.25, -0.2) is 18.1 Å². The molecule has 0 saturated heterocycles. The lowest BCUT2D eigenvalue weighted by molar-refractivity contribution is 0.402. The maximum absolute atomic E-state index is 12.2. The van der Waals surface area contributed by atoms with E-state index in [2.05, 4.69) is 30.6 Å². The Labute approximate surface area is 119 Å². The molecule has 1 aromatic carbocycles. The van der Waals surface area contributed by atoms with Crippen molar-refractivity contribution in [2.75, 3.05) is 7.11 Å². The second-order valence-corrected chi connectivity index (χ2v) is 6.35. The number of aromatic amines is 1. The third-order valence-electron chi connectivity index (χ3n) is 2.42. The first kappa shape index (κ1) is 14.0. The molecule has 0 fully saturated rings. The fraction of sp³-hybridized carbons (Fsp3) is 0.182. The molecule has 0 spiro atoms. The minimum Gasteiger partial charge on any atom is -0.495 e. The number of hydrogen-bond acceptors (Lipinski definition) is 4. The molecule has 2 aromatic rings. The van der Waals surface area contributed by atoms with E-state index in [1.165, 1.54) is 19.5 Å². The number of methoxy groups -OCH3 is 1. The summed E-state index contributed by atoms with van der Waals surface area (Å²) in [5.41, 5.74) is 0.678. The number of sulfonamides is 1. The second-order valence-electron chi connectivity index (χ2n) is 3.70. The summed E-state index contributed by atoms with van der Waals surface area (Å²) >= 11 is 3.24. The van der Waals surface area contributed by atoms with E-state index in [0.29, 0.717) is 15.9 Å². The van der Waals surface area contributed by atoms with Gasteiger partial charge in [-0.15, -0.1) is 0 Å². The van der Waals surface area contributed by atoms with E-state index in [0.717, 1.165) is 0 Å².